The smallest absolute Gasteiger partial charge is 0.292 e. The molecule has 6 nitrogen and oxygen atoms in total. The number of hydrogen-bond donors (Lipinski definition) is 3. The van der Waals surface area contributed by atoms with E-state index in [0.717, 1.165) is 12.0 Å². The Bertz CT molecular complexity index is 475. The minimum atomic E-state index is -0.374. The Morgan fingerprint density at radius 2 is 2.25 bits per heavy atom. The van der Waals surface area contributed by atoms with Crippen molar-refractivity contribution >= 4 is 11.4 Å². The highest BCUT2D eigenvalue weighted by atomic mass is 16.6. The predicted molar refractivity (Wildman–Crippen MR) is 77.7 cm³/mol. The Balaban J connectivity index is 2.01. The first-order chi connectivity index (χ1) is 9.65. The lowest BCUT2D eigenvalue weighted by Gasteiger charge is -2.17. The molecule has 20 heavy (non-hydrogen) atoms. The largest absolute Gasteiger partial charge is 0.396 e. The van der Waals surface area contributed by atoms with Gasteiger partial charge in [-0.25, -0.2) is 0 Å². The molecule has 6 heteroatoms. The van der Waals surface area contributed by atoms with Gasteiger partial charge in [0.1, 0.15) is 5.69 Å². The molecule has 0 heterocycles. The molecule has 1 aromatic rings. The molecule has 1 saturated carbocycles. The van der Waals surface area contributed by atoms with Crippen LogP contribution in [0.2, 0.25) is 0 Å². The molecule has 1 fully saturated rings. The van der Waals surface area contributed by atoms with Crippen LogP contribution in [0.5, 0.6) is 0 Å². The fourth-order valence-electron chi connectivity index (χ4n) is 2.44. The average molecular weight is 279 g/mol. The van der Waals surface area contributed by atoms with Crippen LogP contribution in [0.4, 0.5) is 11.4 Å². The molecule has 1 aromatic carbocycles. The van der Waals surface area contributed by atoms with Crippen molar-refractivity contribution < 1.29 is 10.0 Å². The third-order valence-electron chi connectivity index (χ3n) is 3.73. The van der Waals surface area contributed by atoms with E-state index in [1.54, 1.807) is 19.2 Å². The molecular weight excluding hydrogens is 258 g/mol. The fraction of sp³-hybridized carbons (Fsp3) is 0.571. The maximum Gasteiger partial charge on any atom is 0.292 e. The van der Waals surface area contributed by atoms with Gasteiger partial charge in [-0.3, -0.25) is 10.1 Å². The maximum atomic E-state index is 11.0. The number of benzene rings is 1. The third kappa shape index (κ3) is 3.68. The lowest BCUT2D eigenvalue weighted by atomic mass is 10.1. The van der Waals surface area contributed by atoms with Crippen molar-refractivity contribution in [2.45, 2.75) is 31.8 Å². The first kappa shape index (κ1) is 14.7. The van der Waals surface area contributed by atoms with Gasteiger partial charge in [-0.15, -0.1) is 0 Å². The van der Waals surface area contributed by atoms with Gasteiger partial charge in [0.2, 0.25) is 0 Å². The number of anilines is 1. The van der Waals surface area contributed by atoms with Crippen molar-refractivity contribution in [2.75, 3.05) is 19.0 Å². The summed E-state index contributed by atoms with van der Waals surface area (Å²) in [5.41, 5.74) is 1.50. The van der Waals surface area contributed by atoms with E-state index in [-0.39, 0.29) is 17.2 Å². The summed E-state index contributed by atoms with van der Waals surface area (Å²) in [7, 11) is 1.67. The molecule has 1 aliphatic rings. The van der Waals surface area contributed by atoms with Crippen LogP contribution in [-0.4, -0.2) is 29.7 Å². The van der Waals surface area contributed by atoms with Crippen LogP contribution < -0.4 is 10.6 Å². The number of nitro benzene ring substituents is 1. The lowest BCUT2D eigenvalue weighted by molar-refractivity contribution is -0.384. The highest BCUT2D eigenvalue weighted by molar-refractivity contribution is 5.62. The lowest BCUT2D eigenvalue weighted by Crippen LogP contribution is -2.31. The quantitative estimate of drug-likeness (QED) is 0.499. The van der Waals surface area contributed by atoms with Crippen LogP contribution >= 0.6 is 0 Å². The van der Waals surface area contributed by atoms with E-state index >= 15 is 0 Å². The summed E-state index contributed by atoms with van der Waals surface area (Å²) in [6.07, 6.45) is 3.15. The number of rotatable bonds is 8. The summed E-state index contributed by atoms with van der Waals surface area (Å²) in [6.45, 7) is 0.763. The van der Waals surface area contributed by atoms with Crippen LogP contribution in [0.15, 0.2) is 18.2 Å². The van der Waals surface area contributed by atoms with Gasteiger partial charge >= 0.3 is 0 Å². The monoisotopic (exact) mass is 279 g/mol. The Labute approximate surface area is 118 Å². The molecule has 0 radical (unpaired) electrons. The molecule has 1 aliphatic carbocycles. The van der Waals surface area contributed by atoms with E-state index in [1.807, 2.05) is 6.07 Å². The zero-order valence-electron chi connectivity index (χ0n) is 11.6. The Kier molecular flexibility index (Phi) is 4.92. The Morgan fingerprint density at radius 1 is 1.50 bits per heavy atom. The van der Waals surface area contributed by atoms with Crippen molar-refractivity contribution in [3.8, 4) is 0 Å². The highest BCUT2D eigenvalue weighted by Crippen LogP contribution is 2.34. The molecule has 2 rings (SSSR count). The van der Waals surface area contributed by atoms with Crippen molar-refractivity contribution in [3.63, 3.8) is 0 Å². The maximum absolute atomic E-state index is 11.0. The van der Waals surface area contributed by atoms with Gasteiger partial charge in [0.25, 0.3) is 5.69 Å². The van der Waals surface area contributed by atoms with Crippen molar-refractivity contribution in [3.05, 3.63) is 33.9 Å². The van der Waals surface area contributed by atoms with Crippen molar-refractivity contribution in [1.82, 2.24) is 5.32 Å². The second kappa shape index (κ2) is 6.67. The number of nitrogens with zero attached hydrogens (tertiary/aromatic N) is 1. The Hall–Kier alpha value is -1.66. The number of aliphatic hydroxyl groups excluding tert-OH is 1. The minimum Gasteiger partial charge on any atom is -0.396 e. The molecule has 1 atom stereocenters. The zero-order valence-corrected chi connectivity index (χ0v) is 11.6. The van der Waals surface area contributed by atoms with Crippen LogP contribution in [0.3, 0.4) is 0 Å². The molecular formula is C14H21N3O3. The highest BCUT2D eigenvalue weighted by Gasteiger charge is 2.30. The Morgan fingerprint density at radius 3 is 2.80 bits per heavy atom. The average Bonchev–Trinajstić information content (AvgIpc) is 3.27. The summed E-state index contributed by atoms with van der Waals surface area (Å²) in [5.74, 6) is 0.647. The van der Waals surface area contributed by atoms with E-state index in [9.17, 15) is 10.1 Å². The standard InChI is InChI=1S/C14H21N3O3/c1-15-13-5-2-10(8-14(13)17(19)20)9-16-12(6-7-18)11-3-4-11/h2,5,8,11-12,15-16,18H,3-4,6-7,9H2,1H3. The van der Waals surface area contributed by atoms with Crippen LogP contribution in [-0.2, 0) is 6.54 Å². The van der Waals surface area contributed by atoms with Crippen molar-refractivity contribution in [2.24, 2.45) is 5.92 Å². The van der Waals surface area contributed by atoms with Gasteiger partial charge in [0.05, 0.1) is 4.92 Å². The second-order valence-electron chi connectivity index (χ2n) is 5.20. The molecule has 1 unspecified atom stereocenters. The van der Waals surface area contributed by atoms with Gasteiger partial charge < -0.3 is 15.7 Å². The summed E-state index contributed by atoms with van der Waals surface area (Å²) in [5, 5.41) is 26.3. The second-order valence-corrected chi connectivity index (χ2v) is 5.20. The zero-order chi connectivity index (χ0) is 14.5. The van der Waals surface area contributed by atoms with Crippen LogP contribution in [0.1, 0.15) is 24.8 Å². The summed E-state index contributed by atoms with van der Waals surface area (Å²) >= 11 is 0. The van der Waals surface area contributed by atoms with E-state index < -0.39 is 0 Å². The number of nitro groups is 1. The molecule has 0 spiro atoms. The van der Waals surface area contributed by atoms with E-state index in [4.69, 9.17) is 5.11 Å². The molecule has 0 aliphatic heterocycles. The van der Waals surface area contributed by atoms with Gasteiger partial charge in [-0.1, -0.05) is 6.07 Å². The molecule has 0 saturated heterocycles. The van der Waals surface area contributed by atoms with Gasteiger partial charge in [-0.05, 0) is 36.8 Å². The van der Waals surface area contributed by atoms with Gasteiger partial charge in [0, 0.05) is 32.3 Å². The normalized spacial score (nSPS) is 15.9. The number of hydrogen-bond acceptors (Lipinski definition) is 5. The SMILES string of the molecule is CNc1ccc(CNC(CCO)C2CC2)cc1[N+](=O)[O-]. The third-order valence-corrected chi connectivity index (χ3v) is 3.73. The van der Waals surface area contributed by atoms with Crippen LogP contribution in [0.25, 0.3) is 0 Å². The molecule has 3 N–H and O–H groups in total. The molecule has 0 amide bonds. The summed E-state index contributed by atoms with van der Waals surface area (Å²) in [4.78, 5) is 10.6. The molecule has 0 bridgehead atoms. The van der Waals surface area contributed by atoms with Crippen LogP contribution in [0, 0.1) is 16.0 Å². The molecule has 0 aromatic heterocycles. The minimum absolute atomic E-state index is 0.0944. The fourth-order valence-corrected chi connectivity index (χ4v) is 2.44. The van der Waals surface area contributed by atoms with Crippen molar-refractivity contribution in [1.29, 1.82) is 0 Å². The summed E-state index contributed by atoms with van der Waals surface area (Å²) in [6, 6.07) is 5.52. The topological polar surface area (TPSA) is 87.4 Å². The number of nitrogens with one attached hydrogen (secondary N) is 2. The van der Waals surface area contributed by atoms with Gasteiger partial charge in [0.15, 0.2) is 0 Å². The molecule has 110 valence electrons. The first-order valence-corrected chi connectivity index (χ1v) is 6.95. The first-order valence-electron chi connectivity index (χ1n) is 6.95. The van der Waals surface area contributed by atoms with E-state index in [0.29, 0.717) is 24.2 Å². The van der Waals surface area contributed by atoms with E-state index in [2.05, 4.69) is 10.6 Å². The number of aliphatic hydroxyl groups is 1. The van der Waals surface area contributed by atoms with E-state index in [1.165, 1.54) is 12.8 Å². The van der Waals surface area contributed by atoms with Gasteiger partial charge in [-0.2, -0.15) is 0 Å². The summed E-state index contributed by atoms with van der Waals surface area (Å²) < 4.78 is 0. The predicted octanol–water partition coefficient (Wildman–Crippen LogP) is 1.89.